The molecule has 2 heterocycles. The molecule has 2 aromatic rings. The van der Waals surface area contributed by atoms with Crippen molar-refractivity contribution in [1.82, 2.24) is 5.32 Å². The van der Waals surface area contributed by atoms with Crippen molar-refractivity contribution in [1.29, 1.82) is 0 Å². The standard InChI is InChI=1S/C22H26N2O5/c1-14-4-6-15(7-5-14)11-23-12-17-10-18(29-24-17)8-16-9-19(25-2)21-22(20(16)26-3)28-13-27-21/h4-7,9,18,23H,8,10-13H2,1-3H3. The van der Waals surface area contributed by atoms with Gasteiger partial charge in [0.15, 0.2) is 11.5 Å². The van der Waals surface area contributed by atoms with Crippen LogP contribution in [0.5, 0.6) is 23.0 Å². The Morgan fingerprint density at radius 1 is 1.07 bits per heavy atom. The molecule has 0 radical (unpaired) electrons. The Bertz CT molecular complexity index is 895. The molecular weight excluding hydrogens is 372 g/mol. The van der Waals surface area contributed by atoms with Gasteiger partial charge in [-0.3, -0.25) is 0 Å². The van der Waals surface area contributed by atoms with E-state index < -0.39 is 0 Å². The second-order valence-electron chi connectivity index (χ2n) is 7.22. The molecule has 4 rings (SSSR count). The quantitative estimate of drug-likeness (QED) is 0.736. The molecule has 154 valence electrons. The summed E-state index contributed by atoms with van der Waals surface area (Å²) in [6.07, 6.45) is 1.35. The van der Waals surface area contributed by atoms with Crippen LogP contribution in [-0.2, 0) is 17.8 Å². The SMILES string of the molecule is COc1cc(CC2CC(CNCc3ccc(C)cc3)=NO2)c(OC)c2c1OCO2. The molecular formula is C22H26N2O5. The fourth-order valence-corrected chi connectivity index (χ4v) is 3.59. The van der Waals surface area contributed by atoms with E-state index >= 15 is 0 Å². The maximum absolute atomic E-state index is 5.66. The maximum Gasteiger partial charge on any atom is 0.231 e. The molecule has 0 bridgehead atoms. The third-order valence-corrected chi connectivity index (χ3v) is 5.08. The van der Waals surface area contributed by atoms with Crippen molar-refractivity contribution in [2.24, 2.45) is 5.16 Å². The van der Waals surface area contributed by atoms with Gasteiger partial charge in [-0.1, -0.05) is 35.0 Å². The zero-order chi connectivity index (χ0) is 20.2. The average molecular weight is 398 g/mol. The van der Waals surface area contributed by atoms with Gasteiger partial charge in [-0.25, -0.2) is 0 Å². The van der Waals surface area contributed by atoms with Crippen molar-refractivity contribution in [3.63, 3.8) is 0 Å². The van der Waals surface area contributed by atoms with E-state index in [1.165, 1.54) is 11.1 Å². The number of nitrogens with zero attached hydrogens (tertiary/aromatic N) is 1. The number of ether oxygens (including phenoxy) is 4. The average Bonchev–Trinajstić information content (AvgIpc) is 3.39. The molecule has 7 nitrogen and oxygen atoms in total. The van der Waals surface area contributed by atoms with Crippen LogP contribution >= 0.6 is 0 Å². The number of oxime groups is 1. The van der Waals surface area contributed by atoms with Crippen LogP contribution in [0.4, 0.5) is 0 Å². The minimum Gasteiger partial charge on any atom is -0.493 e. The molecule has 1 unspecified atom stereocenters. The Labute approximate surface area is 170 Å². The van der Waals surface area contributed by atoms with Crippen molar-refractivity contribution < 1.29 is 23.8 Å². The summed E-state index contributed by atoms with van der Waals surface area (Å²) in [5.41, 5.74) is 4.47. The molecule has 1 N–H and O–H groups in total. The fourth-order valence-electron chi connectivity index (χ4n) is 3.59. The first kappa shape index (κ1) is 19.4. The van der Waals surface area contributed by atoms with E-state index in [-0.39, 0.29) is 12.9 Å². The monoisotopic (exact) mass is 398 g/mol. The van der Waals surface area contributed by atoms with Gasteiger partial charge < -0.3 is 29.1 Å². The second kappa shape index (κ2) is 8.61. The van der Waals surface area contributed by atoms with Crippen molar-refractivity contribution in [3.8, 4) is 23.0 Å². The Morgan fingerprint density at radius 3 is 2.62 bits per heavy atom. The highest BCUT2D eigenvalue weighted by Crippen LogP contribution is 2.49. The highest BCUT2D eigenvalue weighted by Gasteiger charge is 2.30. The number of rotatable bonds is 8. The zero-order valence-electron chi connectivity index (χ0n) is 17.0. The third-order valence-electron chi connectivity index (χ3n) is 5.08. The Morgan fingerprint density at radius 2 is 1.86 bits per heavy atom. The van der Waals surface area contributed by atoms with E-state index in [1.807, 2.05) is 6.07 Å². The smallest absolute Gasteiger partial charge is 0.231 e. The minimum absolute atomic E-state index is 0.0508. The summed E-state index contributed by atoms with van der Waals surface area (Å²) in [5.74, 6) is 2.46. The normalized spacial score (nSPS) is 17.1. The molecule has 0 fully saturated rings. The summed E-state index contributed by atoms with van der Waals surface area (Å²) in [6, 6.07) is 10.4. The topological polar surface area (TPSA) is 70.5 Å². The highest BCUT2D eigenvalue weighted by atomic mass is 16.7. The van der Waals surface area contributed by atoms with Crippen LogP contribution in [0, 0.1) is 6.92 Å². The molecule has 0 aliphatic carbocycles. The molecule has 0 amide bonds. The number of benzene rings is 2. The fraction of sp³-hybridized carbons (Fsp3) is 0.409. The van der Waals surface area contributed by atoms with E-state index in [0.29, 0.717) is 36.0 Å². The van der Waals surface area contributed by atoms with Crippen molar-refractivity contribution in [2.45, 2.75) is 32.4 Å². The van der Waals surface area contributed by atoms with Gasteiger partial charge in [0.25, 0.3) is 0 Å². The third kappa shape index (κ3) is 4.24. The lowest BCUT2D eigenvalue weighted by atomic mass is 10.0. The molecule has 1 atom stereocenters. The van der Waals surface area contributed by atoms with Crippen LogP contribution in [0.25, 0.3) is 0 Å². The molecule has 0 saturated carbocycles. The van der Waals surface area contributed by atoms with Crippen LogP contribution < -0.4 is 24.3 Å². The first-order chi connectivity index (χ1) is 14.2. The lowest BCUT2D eigenvalue weighted by Gasteiger charge is -2.15. The molecule has 0 saturated heterocycles. The minimum atomic E-state index is -0.0508. The second-order valence-corrected chi connectivity index (χ2v) is 7.22. The van der Waals surface area contributed by atoms with Crippen LogP contribution in [-0.4, -0.2) is 39.4 Å². The first-order valence-corrected chi connectivity index (χ1v) is 9.69. The van der Waals surface area contributed by atoms with Crippen molar-refractivity contribution in [2.75, 3.05) is 27.6 Å². The maximum atomic E-state index is 5.66. The number of nitrogens with one attached hydrogen (secondary N) is 1. The summed E-state index contributed by atoms with van der Waals surface area (Å²) in [5, 5.41) is 7.69. The van der Waals surface area contributed by atoms with E-state index in [1.54, 1.807) is 14.2 Å². The van der Waals surface area contributed by atoms with Gasteiger partial charge in [0.1, 0.15) is 6.10 Å². The number of aryl methyl sites for hydroxylation is 1. The number of fused-ring (bicyclic) bond motifs is 1. The van der Waals surface area contributed by atoms with E-state index in [0.717, 1.165) is 24.2 Å². The summed E-state index contributed by atoms with van der Waals surface area (Å²) < 4.78 is 22.1. The molecule has 29 heavy (non-hydrogen) atoms. The van der Waals surface area contributed by atoms with Crippen LogP contribution in [0.2, 0.25) is 0 Å². The van der Waals surface area contributed by atoms with Gasteiger partial charge in [0, 0.05) is 31.5 Å². The van der Waals surface area contributed by atoms with Gasteiger partial charge >= 0.3 is 0 Å². The van der Waals surface area contributed by atoms with Gasteiger partial charge in [-0.2, -0.15) is 0 Å². The molecule has 2 aliphatic rings. The molecule has 2 aliphatic heterocycles. The van der Waals surface area contributed by atoms with Gasteiger partial charge in [0.05, 0.1) is 19.9 Å². The van der Waals surface area contributed by atoms with Crippen LogP contribution in [0.15, 0.2) is 35.5 Å². The predicted octanol–water partition coefficient (Wildman–Crippen LogP) is 3.22. The first-order valence-electron chi connectivity index (χ1n) is 9.69. The largest absolute Gasteiger partial charge is 0.493 e. The molecule has 0 spiro atoms. The highest BCUT2D eigenvalue weighted by molar-refractivity contribution is 5.87. The Hall–Kier alpha value is -2.93. The summed E-state index contributed by atoms with van der Waals surface area (Å²) in [4.78, 5) is 5.66. The lowest BCUT2D eigenvalue weighted by molar-refractivity contribution is 0.0853. The summed E-state index contributed by atoms with van der Waals surface area (Å²) >= 11 is 0. The Kier molecular flexibility index (Phi) is 5.76. The predicted molar refractivity (Wildman–Crippen MR) is 109 cm³/mol. The molecule has 2 aromatic carbocycles. The molecule has 7 heteroatoms. The van der Waals surface area contributed by atoms with Gasteiger partial charge in [-0.15, -0.1) is 0 Å². The van der Waals surface area contributed by atoms with Crippen molar-refractivity contribution in [3.05, 3.63) is 47.0 Å². The molecule has 0 aromatic heterocycles. The van der Waals surface area contributed by atoms with Gasteiger partial charge in [0.2, 0.25) is 18.3 Å². The summed E-state index contributed by atoms with van der Waals surface area (Å²) in [6.45, 7) is 3.75. The van der Waals surface area contributed by atoms with Crippen LogP contribution in [0.1, 0.15) is 23.1 Å². The van der Waals surface area contributed by atoms with Crippen LogP contribution in [0.3, 0.4) is 0 Å². The number of hydrogen-bond donors (Lipinski definition) is 1. The van der Waals surface area contributed by atoms with Gasteiger partial charge in [-0.05, 0) is 18.6 Å². The van der Waals surface area contributed by atoms with E-state index in [2.05, 4.69) is 41.7 Å². The number of methoxy groups -OCH3 is 2. The zero-order valence-corrected chi connectivity index (χ0v) is 17.0. The lowest BCUT2D eigenvalue weighted by Crippen LogP contribution is -2.23. The Balaban J connectivity index is 1.34. The van der Waals surface area contributed by atoms with E-state index in [9.17, 15) is 0 Å². The van der Waals surface area contributed by atoms with E-state index in [4.69, 9.17) is 23.8 Å². The summed E-state index contributed by atoms with van der Waals surface area (Å²) in [7, 11) is 3.24. The number of hydrogen-bond acceptors (Lipinski definition) is 7. The van der Waals surface area contributed by atoms with Crippen molar-refractivity contribution >= 4 is 5.71 Å².